The maximum absolute atomic E-state index is 14.7. The molecule has 0 saturated carbocycles. The number of hydrogen-bond acceptors (Lipinski definition) is 6. The Balaban J connectivity index is 1.49. The highest BCUT2D eigenvalue weighted by Crippen LogP contribution is 2.31. The molecule has 0 spiro atoms. The fourth-order valence-electron chi connectivity index (χ4n) is 3.45. The number of nitrogens with zero attached hydrogens (tertiary/aromatic N) is 2. The molecule has 4 rings (SSSR count). The summed E-state index contributed by atoms with van der Waals surface area (Å²) < 4.78 is 41.9. The number of aryl methyl sites for hydroxylation is 1. The number of rotatable bonds is 6. The van der Waals surface area contributed by atoms with E-state index in [0.29, 0.717) is 5.69 Å². The van der Waals surface area contributed by atoms with Crippen molar-refractivity contribution in [1.82, 2.24) is 4.98 Å². The summed E-state index contributed by atoms with van der Waals surface area (Å²) in [6, 6.07) is 10.6. The van der Waals surface area contributed by atoms with E-state index in [1.54, 1.807) is 5.38 Å². The first kappa shape index (κ1) is 20.9. The third-order valence-electron chi connectivity index (χ3n) is 4.88. The van der Waals surface area contributed by atoms with E-state index < -0.39 is 20.7 Å². The van der Waals surface area contributed by atoms with Crippen molar-refractivity contribution < 1.29 is 12.8 Å². The van der Waals surface area contributed by atoms with E-state index in [1.807, 2.05) is 6.07 Å². The Labute approximate surface area is 183 Å². The van der Waals surface area contributed by atoms with Crippen LogP contribution in [0.2, 0.25) is 5.02 Å². The summed E-state index contributed by atoms with van der Waals surface area (Å²) in [5.74, 6) is -0.875. The van der Waals surface area contributed by atoms with Crippen LogP contribution in [0.15, 0.2) is 52.9 Å². The van der Waals surface area contributed by atoms with E-state index in [-0.39, 0.29) is 16.2 Å². The molecule has 0 aliphatic carbocycles. The third-order valence-corrected chi connectivity index (χ3v) is 7.36. The van der Waals surface area contributed by atoms with Crippen molar-refractivity contribution in [1.29, 1.82) is 0 Å². The van der Waals surface area contributed by atoms with Crippen LogP contribution in [0.1, 0.15) is 12.0 Å². The molecule has 2 aromatic carbocycles. The van der Waals surface area contributed by atoms with Gasteiger partial charge in [0.1, 0.15) is 10.7 Å². The summed E-state index contributed by atoms with van der Waals surface area (Å²) in [5.41, 5.74) is 2.71. The van der Waals surface area contributed by atoms with Crippen LogP contribution in [0.5, 0.6) is 0 Å². The van der Waals surface area contributed by atoms with E-state index in [0.717, 1.165) is 48.7 Å². The fourth-order valence-corrected chi connectivity index (χ4v) is 5.60. The van der Waals surface area contributed by atoms with Gasteiger partial charge in [0.05, 0.1) is 10.7 Å². The number of thiazole rings is 1. The van der Waals surface area contributed by atoms with Crippen LogP contribution in [-0.2, 0) is 10.0 Å². The van der Waals surface area contributed by atoms with E-state index in [4.69, 9.17) is 11.6 Å². The monoisotopic (exact) mass is 466 g/mol. The van der Waals surface area contributed by atoms with Gasteiger partial charge < -0.3 is 10.2 Å². The van der Waals surface area contributed by atoms with Gasteiger partial charge in [-0.3, -0.25) is 4.72 Å². The molecule has 0 radical (unpaired) electrons. The summed E-state index contributed by atoms with van der Waals surface area (Å²) >= 11 is 7.40. The SMILES string of the molecule is Cc1cccc(N2CC[C@H](Nc3cc(F)c(S(=O)(=O)Nc4nccs4)cc3Cl)C2)c1. The molecule has 3 aromatic rings. The van der Waals surface area contributed by atoms with Crippen molar-refractivity contribution in [2.75, 3.05) is 28.0 Å². The average Bonchev–Trinajstić information content (AvgIpc) is 3.36. The number of aromatic nitrogens is 1. The van der Waals surface area contributed by atoms with Gasteiger partial charge in [-0.05, 0) is 43.2 Å². The molecule has 158 valence electrons. The van der Waals surface area contributed by atoms with Crippen LogP contribution in [0.3, 0.4) is 0 Å². The van der Waals surface area contributed by atoms with Gasteiger partial charge in [-0.15, -0.1) is 11.3 Å². The lowest BCUT2D eigenvalue weighted by Crippen LogP contribution is -2.26. The predicted octanol–water partition coefficient (Wildman–Crippen LogP) is 4.74. The summed E-state index contributed by atoms with van der Waals surface area (Å²) in [7, 11) is -4.13. The molecule has 0 amide bonds. The summed E-state index contributed by atoms with van der Waals surface area (Å²) in [6.07, 6.45) is 2.32. The Kier molecular flexibility index (Phi) is 5.86. The lowest BCUT2D eigenvalue weighted by molar-refractivity contribution is 0.570. The van der Waals surface area contributed by atoms with Crippen LogP contribution in [0.25, 0.3) is 0 Å². The first-order valence-corrected chi connectivity index (χ1v) is 12.1. The molecule has 1 saturated heterocycles. The zero-order valence-electron chi connectivity index (χ0n) is 16.1. The Morgan fingerprint density at radius 1 is 1.30 bits per heavy atom. The second kappa shape index (κ2) is 8.41. The first-order valence-electron chi connectivity index (χ1n) is 9.31. The normalized spacial score (nSPS) is 16.6. The molecule has 1 aromatic heterocycles. The lowest BCUT2D eigenvalue weighted by atomic mass is 10.2. The van der Waals surface area contributed by atoms with Crippen molar-refractivity contribution in [3.63, 3.8) is 0 Å². The zero-order chi connectivity index (χ0) is 21.3. The second-order valence-corrected chi connectivity index (χ2v) is 10.1. The first-order chi connectivity index (χ1) is 14.3. The molecule has 2 heterocycles. The molecular weight excluding hydrogens is 447 g/mol. The smallest absolute Gasteiger partial charge is 0.266 e. The fraction of sp³-hybridized carbons (Fsp3) is 0.250. The van der Waals surface area contributed by atoms with Crippen molar-refractivity contribution in [3.8, 4) is 0 Å². The lowest BCUT2D eigenvalue weighted by Gasteiger charge is -2.20. The van der Waals surface area contributed by atoms with Crippen LogP contribution in [-0.4, -0.2) is 32.5 Å². The van der Waals surface area contributed by atoms with Crippen molar-refractivity contribution in [2.45, 2.75) is 24.3 Å². The average molecular weight is 467 g/mol. The minimum atomic E-state index is -4.13. The number of halogens is 2. The van der Waals surface area contributed by atoms with E-state index in [9.17, 15) is 12.8 Å². The molecule has 1 fully saturated rings. The Morgan fingerprint density at radius 3 is 2.87 bits per heavy atom. The highest BCUT2D eigenvalue weighted by atomic mass is 35.5. The highest BCUT2D eigenvalue weighted by Gasteiger charge is 2.26. The summed E-state index contributed by atoms with van der Waals surface area (Å²) in [5, 5.41) is 5.18. The molecule has 1 aliphatic heterocycles. The highest BCUT2D eigenvalue weighted by molar-refractivity contribution is 7.93. The Hall–Kier alpha value is -2.36. The van der Waals surface area contributed by atoms with Gasteiger partial charge in [0, 0.05) is 36.4 Å². The van der Waals surface area contributed by atoms with Crippen LogP contribution in [0, 0.1) is 12.7 Å². The third kappa shape index (κ3) is 4.53. The van der Waals surface area contributed by atoms with Gasteiger partial charge in [-0.25, -0.2) is 17.8 Å². The van der Waals surface area contributed by atoms with Crippen molar-refractivity contribution >= 4 is 49.5 Å². The second-order valence-electron chi connectivity index (χ2n) is 7.12. The molecule has 10 heteroatoms. The molecule has 6 nitrogen and oxygen atoms in total. The number of sulfonamides is 1. The van der Waals surface area contributed by atoms with Crippen LogP contribution < -0.4 is 14.9 Å². The minimum absolute atomic E-state index is 0.0679. The Bertz CT molecular complexity index is 1160. The molecule has 0 bridgehead atoms. The maximum atomic E-state index is 14.7. The number of anilines is 3. The molecule has 1 atom stereocenters. The van der Waals surface area contributed by atoms with Crippen LogP contribution in [0.4, 0.5) is 20.9 Å². The minimum Gasteiger partial charge on any atom is -0.379 e. The molecule has 30 heavy (non-hydrogen) atoms. The molecular formula is C20H20ClFN4O2S2. The number of hydrogen-bond donors (Lipinski definition) is 2. The van der Waals surface area contributed by atoms with Gasteiger partial charge in [-0.2, -0.15) is 0 Å². The van der Waals surface area contributed by atoms with Gasteiger partial charge in [-0.1, -0.05) is 23.7 Å². The summed E-state index contributed by atoms with van der Waals surface area (Å²) in [4.78, 5) is 5.60. The predicted molar refractivity (Wildman–Crippen MR) is 120 cm³/mol. The summed E-state index contributed by atoms with van der Waals surface area (Å²) in [6.45, 7) is 3.66. The van der Waals surface area contributed by atoms with Crippen molar-refractivity contribution in [2.24, 2.45) is 0 Å². The van der Waals surface area contributed by atoms with E-state index in [2.05, 4.69) is 45.0 Å². The molecule has 2 N–H and O–H groups in total. The quantitative estimate of drug-likeness (QED) is 0.549. The van der Waals surface area contributed by atoms with E-state index >= 15 is 0 Å². The largest absolute Gasteiger partial charge is 0.379 e. The standard InChI is InChI=1S/C20H20ClFN4O2S2/c1-13-3-2-4-15(9-13)26-7-5-14(12-26)24-18-11-17(22)19(10-16(18)21)30(27,28)25-20-23-6-8-29-20/h2-4,6,8-11,14,24H,5,7,12H2,1H3,(H,23,25)/t14-/m0/s1. The maximum Gasteiger partial charge on any atom is 0.266 e. The molecule has 0 unspecified atom stereocenters. The van der Waals surface area contributed by atoms with Gasteiger partial charge >= 0.3 is 0 Å². The van der Waals surface area contributed by atoms with Crippen LogP contribution >= 0.6 is 22.9 Å². The van der Waals surface area contributed by atoms with Gasteiger partial charge in [0.25, 0.3) is 10.0 Å². The number of nitrogens with one attached hydrogen (secondary N) is 2. The van der Waals surface area contributed by atoms with E-state index in [1.165, 1.54) is 11.8 Å². The van der Waals surface area contributed by atoms with Gasteiger partial charge in [0.15, 0.2) is 5.13 Å². The number of benzene rings is 2. The van der Waals surface area contributed by atoms with Gasteiger partial charge in [0.2, 0.25) is 0 Å². The zero-order valence-corrected chi connectivity index (χ0v) is 18.5. The topological polar surface area (TPSA) is 74.3 Å². The molecule has 1 aliphatic rings. The Morgan fingerprint density at radius 2 is 2.13 bits per heavy atom. The van der Waals surface area contributed by atoms with Crippen molar-refractivity contribution in [3.05, 3.63) is 64.4 Å².